The quantitative estimate of drug-likeness (QED) is 0.401. The Labute approximate surface area is 211 Å². The number of hydrogen-bond acceptors (Lipinski definition) is 5. The molecule has 0 atom stereocenters. The number of anilines is 1. The number of methoxy groups -OCH3 is 1. The summed E-state index contributed by atoms with van der Waals surface area (Å²) in [4.78, 5) is 21.6. The number of carbonyl (C=O) groups is 2. The summed E-state index contributed by atoms with van der Waals surface area (Å²) >= 11 is 6.05. The summed E-state index contributed by atoms with van der Waals surface area (Å²) < 4.78 is 64.5. The lowest BCUT2D eigenvalue weighted by Gasteiger charge is -2.16. The second kappa shape index (κ2) is 11.9. The zero-order valence-corrected chi connectivity index (χ0v) is 21.1. The number of carbonyl (C=O) groups excluding carboxylic acids is 1. The molecule has 1 fully saturated rings. The van der Waals surface area contributed by atoms with E-state index in [2.05, 4.69) is 10.0 Å². The minimum atomic E-state index is -5.08. The fourth-order valence-electron chi connectivity index (χ4n) is 3.17. The smallest absolute Gasteiger partial charge is 0.475 e. The lowest BCUT2D eigenvalue weighted by Crippen LogP contribution is -2.35. The molecule has 3 N–H and O–H groups in total. The van der Waals surface area contributed by atoms with Gasteiger partial charge in [-0.15, -0.1) is 0 Å². The first-order chi connectivity index (χ1) is 16.7. The second-order valence-corrected chi connectivity index (χ2v) is 10.2. The SMILES string of the molecule is COCCCNC(=O)C1(c2ccc(NS(=O)(=O)c3ccc(C)c(Cl)c3)cc2)CC1.O=C(O)C(F)(F)F. The van der Waals surface area contributed by atoms with Gasteiger partial charge in [0.15, 0.2) is 0 Å². The van der Waals surface area contributed by atoms with E-state index in [1.807, 2.05) is 19.1 Å². The number of benzene rings is 2. The molecule has 0 aliphatic heterocycles. The fraction of sp³-hybridized carbons (Fsp3) is 0.391. The monoisotopic (exact) mass is 550 g/mol. The van der Waals surface area contributed by atoms with E-state index in [9.17, 15) is 26.4 Å². The number of halogens is 4. The van der Waals surface area contributed by atoms with Crippen molar-refractivity contribution in [2.75, 3.05) is 25.0 Å². The lowest BCUT2D eigenvalue weighted by atomic mass is 9.95. The van der Waals surface area contributed by atoms with Gasteiger partial charge in [-0.05, 0) is 61.6 Å². The molecule has 1 aliphatic rings. The van der Waals surface area contributed by atoms with Gasteiger partial charge in [0.2, 0.25) is 5.91 Å². The molecule has 198 valence electrons. The molecule has 0 unspecified atom stereocenters. The largest absolute Gasteiger partial charge is 0.490 e. The molecule has 0 saturated heterocycles. The van der Waals surface area contributed by atoms with Gasteiger partial charge in [-0.2, -0.15) is 13.2 Å². The molecule has 2 aromatic rings. The first-order valence-electron chi connectivity index (χ1n) is 10.7. The molecule has 0 radical (unpaired) electrons. The van der Waals surface area contributed by atoms with Crippen molar-refractivity contribution < 1.29 is 41.0 Å². The van der Waals surface area contributed by atoms with Crippen molar-refractivity contribution in [3.63, 3.8) is 0 Å². The molecule has 0 spiro atoms. The van der Waals surface area contributed by atoms with Crippen LogP contribution in [0.1, 0.15) is 30.4 Å². The first-order valence-corrected chi connectivity index (χ1v) is 12.6. The number of aryl methyl sites for hydroxylation is 1. The molecular weight excluding hydrogens is 525 g/mol. The summed E-state index contributed by atoms with van der Waals surface area (Å²) in [5.41, 5.74) is 1.63. The minimum Gasteiger partial charge on any atom is -0.475 e. The number of ether oxygens (including phenoxy) is 1. The molecule has 13 heteroatoms. The summed E-state index contributed by atoms with van der Waals surface area (Å²) in [5, 5.41) is 10.5. The average molecular weight is 551 g/mol. The Bertz CT molecular complexity index is 1180. The second-order valence-electron chi connectivity index (χ2n) is 8.08. The van der Waals surface area contributed by atoms with Gasteiger partial charge >= 0.3 is 12.1 Å². The Kier molecular flexibility index (Phi) is 9.75. The van der Waals surface area contributed by atoms with Crippen LogP contribution in [0.2, 0.25) is 5.02 Å². The topological polar surface area (TPSA) is 122 Å². The Morgan fingerprint density at radius 2 is 1.72 bits per heavy atom. The first kappa shape index (κ1) is 29.4. The number of aliphatic carboxylic acids is 1. The summed E-state index contributed by atoms with van der Waals surface area (Å²) in [6, 6.07) is 11.6. The normalized spacial score (nSPS) is 14.3. The Hall–Kier alpha value is -2.83. The number of alkyl halides is 3. The molecule has 1 saturated carbocycles. The van der Waals surface area contributed by atoms with E-state index in [0.717, 1.165) is 30.4 Å². The van der Waals surface area contributed by atoms with Gasteiger partial charge in [0.25, 0.3) is 10.0 Å². The lowest BCUT2D eigenvalue weighted by molar-refractivity contribution is -0.192. The van der Waals surface area contributed by atoms with Crippen molar-refractivity contribution in [1.82, 2.24) is 5.32 Å². The number of hydrogen-bond donors (Lipinski definition) is 3. The van der Waals surface area contributed by atoms with Crippen LogP contribution in [0.15, 0.2) is 47.4 Å². The van der Waals surface area contributed by atoms with E-state index in [1.54, 1.807) is 25.3 Å². The van der Waals surface area contributed by atoms with Crippen molar-refractivity contribution in [3.8, 4) is 0 Å². The van der Waals surface area contributed by atoms with Crippen LogP contribution in [0, 0.1) is 6.92 Å². The molecule has 2 aromatic carbocycles. The van der Waals surface area contributed by atoms with Crippen molar-refractivity contribution in [2.24, 2.45) is 0 Å². The highest BCUT2D eigenvalue weighted by Gasteiger charge is 2.51. The Morgan fingerprint density at radius 3 is 2.19 bits per heavy atom. The highest BCUT2D eigenvalue weighted by Crippen LogP contribution is 2.48. The molecular formula is C23H26ClF3N2O6S. The number of rotatable bonds is 9. The molecule has 1 aliphatic carbocycles. The molecule has 8 nitrogen and oxygen atoms in total. The zero-order valence-electron chi connectivity index (χ0n) is 19.5. The van der Waals surface area contributed by atoms with Crippen molar-refractivity contribution >= 4 is 39.2 Å². The van der Waals surface area contributed by atoms with E-state index in [0.29, 0.717) is 23.9 Å². The third-order valence-electron chi connectivity index (χ3n) is 5.38. The van der Waals surface area contributed by atoms with Crippen LogP contribution in [0.25, 0.3) is 0 Å². The van der Waals surface area contributed by atoms with Crippen LogP contribution in [-0.2, 0) is 29.8 Å². The molecule has 0 aromatic heterocycles. The number of nitrogens with one attached hydrogen (secondary N) is 2. The van der Waals surface area contributed by atoms with Crippen LogP contribution >= 0.6 is 11.6 Å². The zero-order chi connectivity index (χ0) is 27.1. The van der Waals surface area contributed by atoms with Crippen molar-refractivity contribution in [3.05, 3.63) is 58.6 Å². The third-order valence-corrected chi connectivity index (χ3v) is 7.17. The average Bonchev–Trinajstić information content (AvgIpc) is 3.60. The van der Waals surface area contributed by atoms with E-state index in [-0.39, 0.29) is 10.8 Å². The van der Waals surface area contributed by atoms with Crippen LogP contribution in [0.5, 0.6) is 0 Å². The number of carboxylic acid groups (broad SMARTS) is 1. The summed E-state index contributed by atoms with van der Waals surface area (Å²) in [6.45, 7) is 2.99. The standard InChI is InChI=1S/C21H25ClN2O4S.C2HF3O2/c1-15-4-9-18(14-19(15)22)29(26,27)24-17-7-5-16(6-8-17)21(10-11-21)20(25)23-12-3-13-28-2;3-2(4,5)1(6)7/h4-9,14,24H,3,10-13H2,1-2H3,(H,23,25);(H,6,7). The van der Waals surface area contributed by atoms with Gasteiger partial charge in [-0.3, -0.25) is 9.52 Å². The van der Waals surface area contributed by atoms with E-state index in [1.165, 1.54) is 12.1 Å². The maximum absolute atomic E-state index is 12.6. The summed E-state index contributed by atoms with van der Waals surface area (Å²) in [5.74, 6) is -2.75. The predicted molar refractivity (Wildman–Crippen MR) is 128 cm³/mol. The van der Waals surface area contributed by atoms with E-state index < -0.39 is 27.6 Å². The Morgan fingerprint density at radius 1 is 1.14 bits per heavy atom. The van der Waals surface area contributed by atoms with Gasteiger partial charge in [-0.25, -0.2) is 13.2 Å². The fourth-order valence-corrected chi connectivity index (χ4v) is 4.50. The van der Waals surface area contributed by atoms with E-state index >= 15 is 0 Å². The minimum absolute atomic E-state index is 0.0104. The number of carboxylic acids is 1. The molecule has 3 rings (SSSR count). The molecule has 0 heterocycles. The van der Waals surface area contributed by atoms with Gasteiger partial charge in [0, 0.05) is 31.0 Å². The van der Waals surface area contributed by atoms with Gasteiger partial charge in [-0.1, -0.05) is 29.8 Å². The molecule has 36 heavy (non-hydrogen) atoms. The van der Waals surface area contributed by atoms with Gasteiger partial charge in [0.05, 0.1) is 10.3 Å². The highest BCUT2D eigenvalue weighted by molar-refractivity contribution is 7.92. The van der Waals surface area contributed by atoms with Crippen LogP contribution < -0.4 is 10.0 Å². The molecule has 1 amide bonds. The van der Waals surface area contributed by atoms with Crippen molar-refractivity contribution in [1.29, 1.82) is 0 Å². The summed E-state index contributed by atoms with van der Waals surface area (Å²) in [7, 11) is -2.11. The van der Waals surface area contributed by atoms with Gasteiger partial charge in [0.1, 0.15) is 0 Å². The number of amides is 1. The van der Waals surface area contributed by atoms with E-state index in [4.69, 9.17) is 26.2 Å². The molecule has 0 bridgehead atoms. The van der Waals surface area contributed by atoms with Crippen LogP contribution in [0.3, 0.4) is 0 Å². The van der Waals surface area contributed by atoms with Crippen LogP contribution in [0.4, 0.5) is 18.9 Å². The maximum Gasteiger partial charge on any atom is 0.490 e. The predicted octanol–water partition coefficient (Wildman–Crippen LogP) is 4.27. The maximum atomic E-state index is 12.6. The highest BCUT2D eigenvalue weighted by atomic mass is 35.5. The third kappa shape index (κ3) is 7.84. The van der Waals surface area contributed by atoms with Crippen molar-refractivity contribution in [2.45, 2.75) is 42.7 Å². The van der Waals surface area contributed by atoms with Gasteiger partial charge < -0.3 is 15.2 Å². The van der Waals surface area contributed by atoms with Crippen LogP contribution in [-0.4, -0.2) is 51.8 Å². The Balaban J connectivity index is 0.000000572. The summed E-state index contributed by atoms with van der Waals surface area (Å²) in [6.07, 6.45) is -2.74. The number of sulfonamides is 1.